The van der Waals surface area contributed by atoms with Crippen LogP contribution in [-0.2, 0) is 0 Å². The lowest BCUT2D eigenvalue weighted by molar-refractivity contribution is 0.550. The number of allylic oxidation sites excluding steroid dienone is 20. The van der Waals surface area contributed by atoms with Crippen molar-refractivity contribution in [2.24, 2.45) is 35.5 Å². The van der Waals surface area contributed by atoms with Crippen LogP contribution in [0.3, 0.4) is 0 Å². The molecule has 0 radical (unpaired) electrons. The Kier molecular flexibility index (Phi) is 6.78. The fraction of sp³-hybridized carbons (Fsp3) is 0.250. The van der Waals surface area contributed by atoms with Gasteiger partial charge in [0.2, 0.25) is 0 Å². The standard InChI is InChI=1S/C48H42/c1-3-15-33-29-35(27-25-31(33)13-1)45-37-17-5-9-21-41(37)47(42-22-10-6-18-38(42)45)48-43-23-11-7-19-39(43)46(40-20-8-12-24-44(40)48)36-28-26-32-14-2-4-16-34(32)30-36/h1-2,5-14,17-28,33-34,37,39,41,43H,3-4,15-16,29-30H2. The van der Waals surface area contributed by atoms with Crippen molar-refractivity contribution in [3.8, 4) is 0 Å². The van der Waals surface area contributed by atoms with Gasteiger partial charge in [-0.1, -0.05) is 146 Å². The molecule has 0 aromatic heterocycles. The fourth-order valence-electron chi connectivity index (χ4n) is 10.3. The summed E-state index contributed by atoms with van der Waals surface area (Å²) in [6, 6.07) is 18.8. The first kappa shape index (κ1) is 28.3. The Hall–Kier alpha value is -4.68. The molecule has 2 aromatic carbocycles. The van der Waals surface area contributed by atoms with Crippen molar-refractivity contribution in [1.82, 2.24) is 0 Å². The summed E-state index contributed by atoms with van der Waals surface area (Å²) in [5, 5.41) is 5.74. The van der Waals surface area contributed by atoms with Crippen LogP contribution in [0.25, 0.3) is 22.3 Å². The zero-order valence-electron chi connectivity index (χ0n) is 27.6. The second-order valence-corrected chi connectivity index (χ2v) is 14.9. The smallest absolute Gasteiger partial charge is 0.0134 e. The second kappa shape index (κ2) is 11.5. The van der Waals surface area contributed by atoms with E-state index >= 15 is 0 Å². The minimum Gasteiger partial charge on any atom is -0.0842 e. The average molecular weight is 619 g/mol. The molecule has 234 valence electrons. The fourth-order valence-corrected chi connectivity index (χ4v) is 10.3. The van der Waals surface area contributed by atoms with Crippen LogP contribution in [0, 0.1) is 35.5 Å². The van der Waals surface area contributed by atoms with Gasteiger partial charge >= 0.3 is 0 Å². The maximum Gasteiger partial charge on any atom is 0.0134 e. The van der Waals surface area contributed by atoms with Crippen LogP contribution < -0.4 is 20.9 Å². The SMILES string of the molecule is C1=CC2C(C3=CC=C4C=CCCC4C3)=c3ccccc3=C(C3=c4ccccc4=C(C4=CC=C5C=CCCC5C4)C4C=CC=CC34)C2C=C1. The van der Waals surface area contributed by atoms with Gasteiger partial charge in [-0.2, -0.15) is 0 Å². The summed E-state index contributed by atoms with van der Waals surface area (Å²) in [5.41, 5.74) is 12.3. The number of hydrogen-bond donors (Lipinski definition) is 0. The van der Waals surface area contributed by atoms with Crippen molar-refractivity contribution in [2.45, 2.75) is 38.5 Å². The first-order valence-electron chi connectivity index (χ1n) is 18.4. The molecule has 0 spiro atoms. The van der Waals surface area contributed by atoms with Crippen LogP contribution in [0.1, 0.15) is 38.5 Å². The van der Waals surface area contributed by atoms with Gasteiger partial charge in [0.15, 0.2) is 0 Å². The molecular weight excluding hydrogens is 577 g/mol. The van der Waals surface area contributed by atoms with Crippen LogP contribution in [0.15, 0.2) is 168 Å². The Morgan fingerprint density at radius 2 is 0.792 bits per heavy atom. The molecule has 48 heavy (non-hydrogen) atoms. The van der Waals surface area contributed by atoms with E-state index in [0.29, 0.717) is 35.5 Å². The molecule has 0 fully saturated rings. The van der Waals surface area contributed by atoms with E-state index in [4.69, 9.17) is 0 Å². The molecule has 0 bridgehead atoms. The molecule has 6 atom stereocenters. The van der Waals surface area contributed by atoms with E-state index in [0.717, 1.165) is 12.8 Å². The minimum atomic E-state index is 0.301. The molecule has 0 amide bonds. The third-order valence-electron chi connectivity index (χ3n) is 12.4. The summed E-state index contributed by atoms with van der Waals surface area (Å²) in [7, 11) is 0. The second-order valence-electron chi connectivity index (χ2n) is 14.9. The first-order valence-corrected chi connectivity index (χ1v) is 18.4. The van der Waals surface area contributed by atoms with Gasteiger partial charge in [0.25, 0.3) is 0 Å². The molecule has 2 aromatic rings. The predicted octanol–water partition coefficient (Wildman–Crippen LogP) is 8.18. The van der Waals surface area contributed by atoms with Crippen molar-refractivity contribution in [3.05, 3.63) is 189 Å². The number of benzene rings is 2. The maximum atomic E-state index is 2.52. The summed E-state index contributed by atoms with van der Waals surface area (Å²) in [5.74, 6) is 2.54. The molecule has 0 heterocycles. The Labute approximate surface area is 284 Å². The summed E-state index contributed by atoms with van der Waals surface area (Å²) in [4.78, 5) is 0. The lowest BCUT2D eigenvalue weighted by Gasteiger charge is -2.41. The Bertz CT molecular complexity index is 2150. The zero-order chi connectivity index (χ0) is 31.6. The van der Waals surface area contributed by atoms with E-state index in [2.05, 4.69) is 146 Å². The van der Waals surface area contributed by atoms with Gasteiger partial charge in [0.05, 0.1) is 0 Å². The molecule has 6 unspecified atom stereocenters. The molecular formula is C48H42. The van der Waals surface area contributed by atoms with Crippen molar-refractivity contribution in [3.63, 3.8) is 0 Å². The number of rotatable bonds is 3. The van der Waals surface area contributed by atoms with E-state index in [9.17, 15) is 0 Å². The van der Waals surface area contributed by atoms with Gasteiger partial charge in [-0.05, 0) is 116 Å². The van der Waals surface area contributed by atoms with E-state index in [1.54, 1.807) is 11.1 Å². The van der Waals surface area contributed by atoms with E-state index in [1.807, 2.05) is 0 Å². The lowest BCUT2D eigenvalue weighted by atomic mass is 9.62. The minimum absolute atomic E-state index is 0.301. The topological polar surface area (TPSA) is 0 Å². The number of hydrogen-bond acceptors (Lipinski definition) is 0. The highest BCUT2D eigenvalue weighted by molar-refractivity contribution is 5.98. The van der Waals surface area contributed by atoms with Crippen molar-refractivity contribution in [2.75, 3.05) is 0 Å². The quantitative estimate of drug-likeness (QED) is 0.326. The van der Waals surface area contributed by atoms with Crippen molar-refractivity contribution < 1.29 is 0 Å². The Morgan fingerprint density at radius 1 is 0.417 bits per heavy atom. The molecule has 0 aliphatic heterocycles. The first-order chi connectivity index (χ1) is 23.8. The monoisotopic (exact) mass is 618 g/mol. The summed E-state index contributed by atoms with van der Waals surface area (Å²) in [6.45, 7) is 0. The average Bonchev–Trinajstić information content (AvgIpc) is 3.16. The van der Waals surface area contributed by atoms with Crippen LogP contribution in [0.5, 0.6) is 0 Å². The van der Waals surface area contributed by atoms with Crippen molar-refractivity contribution in [1.29, 1.82) is 0 Å². The van der Waals surface area contributed by atoms with Crippen LogP contribution in [0.4, 0.5) is 0 Å². The molecule has 0 saturated heterocycles. The van der Waals surface area contributed by atoms with Gasteiger partial charge in [0, 0.05) is 23.7 Å². The molecule has 0 heteroatoms. The highest BCUT2D eigenvalue weighted by Crippen LogP contribution is 2.49. The molecule has 0 nitrogen and oxygen atoms in total. The van der Waals surface area contributed by atoms with Gasteiger partial charge in [-0.3, -0.25) is 0 Å². The van der Waals surface area contributed by atoms with Gasteiger partial charge < -0.3 is 0 Å². The normalized spacial score (nSPS) is 30.7. The summed E-state index contributed by atoms with van der Waals surface area (Å²) in [6.07, 6.45) is 45.7. The van der Waals surface area contributed by atoms with E-state index in [1.165, 1.54) is 80.0 Å². The van der Waals surface area contributed by atoms with E-state index in [-0.39, 0.29) is 0 Å². The molecule has 8 aliphatic carbocycles. The van der Waals surface area contributed by atoms with Gasteiger partial charge in [-0.15, -0.1) is 0 Å². The molecule has 8 aliphatic rings. The third-order valence-corrected chi connectivity index (χ3v) is 12.4. The Balaban J connectivity index is 1.27. The molecule has 10 rings (SSSR count). The highest BCUT2D eigenvalue weighted by atomic mass is 14.4. The van der Waals surface area contributed by atoms with Crippen molar-refractivity contribution >= 4 is 22.3 Å². The van der Waals surface area contributed by atoms with Crippen LogP contribution in [-0.4, -0.2) is 0 Å². The highest BCUT2D eigenvalue weighted by Gasteiger charge is 2.40. The van der Waals surface area contributed by atoms with E-state index < -0.39 is 0 Å². The maximum absolute atomic E-state index is 2.52. The largest absolute Gasteiger partial charge is 0.0842 e. The Morgan fingerprint density at radius 3 is 1.21 bits per heavy atom. The third kappa shape index (κ3) is 4.42. The summed E-state index contributed by atoms with van der Waals surface area (Å²) >= 11 is 0. The lowest BCUT2D eigenvalue weighted by Crippen LogP contribution is -2.46. The predicted molar refractivity (Wildman–Crippen MR) is 201 cm³/mol. The number of fused-ring (bicyclic) bond motifs is 6. The zero-order valence-corrected chi connectivity index (χ0v) is 27.6. The van der Waals surface area contributed by atoms with Crippen LogP contribution >= 0.6 is 0 Å². The molecule has 0 N–H and O–H groups in total. The summed E-state index contributed by atoms with van der Waals surface area (Å²) < 4.78 is 0. The van der Waals surface area contributed by atoms with Crippen LogP contribution in [0.2, 0.25) is 0 Å². The molecule has 0 saturated carbocycles. The van der Waals surface area contributed by atoms with Gasteiger partial charge in [0.1, 0.15) is 0 Å². The van der Waals surface area contributed by atoms with Gasteiger partial charge in [-0.25, -0.2) is 0 Å².